The quantitative estimate of drug-likeness (QED) is 0.272. The molecule has 0 aliphatic carbocycles. The SMILES string of the molecule is NC(=O)NCCC(=O)NCC(=O)NC(CC(=O)O)c1ccc(-c2ccccc2)cc1.O=C(O)C(F)(F)F. The summed E-state index contributed by atoms with van der Waals surface area (Å²) >= 11 is 0. The summed E-state index contributed by atoms with van der Waals surface area (Å²) in [5.74, 6) is -4.79. The first-order chi connectivity index (χ1) is 17.3. The summed E-state index contributed by atoms with van der Waals surface area (Å²) in [5.41, 5.74) is 7.53. The molecule has 0 radical (unpaired) electrons. The second kappa shape index (κ2) is 14.7. The summed E-state index contributed by atoms with van der Waals surface area (Å²) < 4.78 is 31.7. The van der Waals surface area contributed by atoms with Gasteiger partial charge in [0.15, 0.2) is 0 Å². The second-order valence-electron chi connectivity index (χ2n) is 7.33. The molecule has 14 heteroatoms. The van der Waals surface area contributed by atoms with Gasteiger partial charge in [-0.3, -0.25) is 14.4 Å². The van der Waals surface area contributed by atoms with Crippen molar-refractivity contribution in [2.24, 2.45) is 5.73 Å². The van der Waals surface area contributed by atoms with E-state index in [1.807, 2.05) is 42.5 Å². The van der Waals surface area contributed by atoms with E-state index in [9.17, 15) is 37.5 Å². The molecule has 11 nitrogen and oxygen atoms in total. The molecule has 0 saturated heterocycles. The number of halogens is 3. The third kappa shape index (κ3) is 12.6. The fourth-order valence-corrected chi connectivity index (χ4v) is 2.78. The van der Waals surface area contributed by atoms with Gasteiger partial charge < -0.3 is 31.9 Å². The number of carboxylic acids is 2. The molecular weight excluding hydrogens is 501 g/mol. The van der Waals surface area contributed by atoms with Crippen LogP contribution in [0, 0.1) is 0 Å². The fourth-order valence-electron chi connectivity index (χ4n) is 2.78. The highest BCUT2D eigenvalue weighted by Crippen LogP contribution is 2.23. The number of carbonyl (C=O) groups is 5. The lowest BCUT2D eigenvalue weighted by Crippen LogP contribution is -2.40. The molecule has 4 amide bonds. The summed E-state index contributed by atoms with van der Waals surface area (Å²) in [6, 6.07) is 15.5. The Balaban J connectivity index is 0.000000856. The smallest absolute Gasteiger partial charge is 0.481 e. The lowest BCUT2D eigenvalue weighted by Gasteiger charge is -2.18. The minimum atomic E-state index is -5.08. The molecule has 0 spiro atoms. The maximum atomic E-state index is 12.2. The molecule has 1 unspecified atom stereocenters. The van der Waals surface area contributed by atoms with Crippen molar-refractivity contribution in [1.82, 2.24) is 16.0 Å². The van der Waals surface area contributed by atoms with E-state index in [0.29, 0.717) is 5.56 Å². The molecule has 7 N–H and O–H groups in total. The van der Waals surface area contributed by atoms with Gasteiger partial charge in [0.05, 0.1) is 19.0 Å². The van der Waals surface area contributed by atoms with Crippen molar-refractivity contribution in [3.05, 3.63) is 60.2 Å². The van der Waals surface area contributed by atoms with Crippen molar-refractivity contribution in [2.75, 3.05) is 13.1 Å². The third-order valence-electron chi connectivity index (χ3n) is 4.47. The van der Waals surface area contributed by atoms with E-state index in [1.165, 1.54) is 0 Å². The van der Waals surface area contributed by atoms with Gasteiger partial charge in [-0.25, -0.2) is 9.59 Å². The Hall–Kier alpha value is -4.62. The number of urea groups is 1. The van der Waals surface area contributed by atoms with E-state index >= 15 is 0 Å². The molecule has 2 aromatic carbocycles. The number of alkyl halides is 3. The Labute approximate surface area is 208 Å². The number of hydrogen-bond donors (Lipinski definition) is 6. The van der Waals surface area contributed by atoms with Crippen molar-refractivity contribution < 1.29 is 47.4 Å². The van der Waals surface area contributed by atoms with Crippen LogP contribution in [-0.4, -0.2) is 59.3 Å². The molecule has 0 bridgehead atoms. The highest BCUT2D eigenvalue weighted by molar-refractivity contribution is 5.85. The van der Waals surface area contributed by atoms with Gasteiger partial charge >= 0.3 is 24.1 Å². The molecule has 37 heavy (non-hydrogen) atoms. The highest BCUT2D eigenvalue weighted by atomic mass is 19.4. The summed E-state index contributed by atoms with van der Waals surface area (Å²) in [4.78, 5) is 54.5. The van der Waals surface area contributed by atoms with E-state index < -0.39 is 42.0 Å². The Morgan fingerprint density at radius 1 is 0.838 bits per heavy atom. The Bertz CT molecular complexity index is 1080. The highest BCUT2D eigenvalue weighted by Gasteiger charge is 2.38. The summed E-state index contributed by atoms with van der Waals surface area (Å²) in [5, 5.41) is 23.6. The topological polar surface area (TPSA) is 188 Å². The Kier molecular flexibility index (Phi) is 12.1. The number of nitrogens with two attached hydrogens (primary N) is 1. The monoisotopic (exact) mass is 526 g/mol. The largest absolute Gasteiger partial charge is 0.490 e. The molecule has 0 aliphatic heterocycles. The predicted molar refractivity (Wildman–Crippen MR) is 124 cm³/mol. The average Bonchev–Trinajstić information content (AvgIpc) is 2.82. The van der Waals surface area contributed by atoms with Crippen LogP contribution in [0.15, 0.2) is 54.6 Å². The molecule has 200 valence electrons. The number of carboxylic acid groups (broad SMARTS) is 2. The first kappa shape index (κ1) is 30.4. The van der Waals surface area contributed by atoms with Crippen LogP contribution < -0.4 is 21.7 Å². The molecule has 0 fully saturated rings. The minimum Gasteiger partial charge on any atom is -0.481 e. The van der Waals surface area contributed by atoms with Gasteiger partial charge in [-0.05, 0) is 16.7 Å². The number of primary amides is 1. The van der Waals surface area contributed by atoms with Crippen molar-refractivity contribution in [2.45, 2.75) is 25.1 Å². The lowest BCUT2D eigenvalue weighted by atomic mass is 9.99. The number of carbonyl (C=O) groups excluding carboxylic acids is 3. The molecule has 2 aromatic rings. The third-order valence-corrected chi connectivity index (χ3v) is 4.47. The number of aliphatic carboxylic acids is 2. The van der Waals surface area contributed by atoms with Crippen LogP contribution in [0.3, 0.4) is 0 Å². The fraction of sp³-hybridized carbons (Fsp3) is 0.261. The van der Waals surface area contributed by atoms with Crippen LogP contribution >= 0.6 is 0 Å². The van der Waals surface area contributed by atoms with Crippen LogP contribution in [-0.2, 0) is 19.2 Å². The van der Waals surface area contributed by atoms with Gasteiger partial charge in [-0.1, -0.05) is 54.6 Å². The van der Waals surface area contributed by atoms with Gasteiger partial charge in [0.2, 0.25) is 11.8 Å². The van der Waals surface area contributed by atoms with Gasteiger partial charge in [0.25, 0.3) is 0 Å². The average molecular weight is 526 g/mol. The number of amides is 4. The van der Waals surface area contributed by atoms with Crippen LogP contribution in [0.2, 0.25) is 0 Å². The Morgan fingerprint density at radius 2 is 1.38 bits per heavy atom. The van der Waals surface area contributed by atoms with Crippen LogP contribution in [0.4, 0.5) is 18.0 Å². The van der Waals surface area contributed by atoms with Crippen LogP contribution in [0.25, 0.3) is 11.1 Å². The summed E-state index contributed by atoms with van der Waals surface area (Å²) in [6.07, 6.45) is -5.41. The van der Waals surface area contributed by atoms with Crippen molar-refractivity contribution in [3.8, 4) is 11.1 Å². The number of hydrogen-bond acceptors (Lipinski definition) is 5. The van der Waals surface area contributed by atoms with Crippen molar-refractivity contribution >= 4 is 29.8 Å². The summed E-state index contributed by atoms with van der Waals surface area (Å²) in [7, 11) is 0. The van der Waals surface area contributed by atoms with E-state index in [-0.39, 0.29) is 25.9 Å². The van der Waals surface area contributed by atoms with Crippen LogP contribution in [0.5, 0.6) is 0 Å². The minimum absolute atomic E-state index is 0.0320. The normalized spacial score (nSPS) is 11.2. The molecule has 1 atom stereocenters. The van der Waals surface area contributed by atoms with Gasteiger partial charge in [0, 0.05) is 13.0 Å². The molecule has 0 aromatic heterocycles. The van der Waals surface area contributed by atoms with E-state index in [4.69, 9.17) is 15.6 Å². The van der Waals surface area contributed by atoms with Gasteiger partial charge in [-0.15, -0.1) is 0 Å². The number of benzene rings is 2. The van der Waals surface area contributed by atoms with E-state index in [1.54, 1.807) is 12.1 Å². The molecule has 0 heterocycles. The van der Waals surface area contributed by atoms with Crippen LogP contribution in [0.1, 0.15) is 24.4 Å². The predicted octanol–water partition coefficient (Wildman–Crippen LogP) is 1.79. The van der Waals surface area contributed by atoms with E-state index in [0.717, 1.165) is 11.1 Å². The second-order valence-corrected chi connectivity index (χ2v) is 7.33. The maximum absolute atomic E-state index is 12.2. The zero-order valence-corrected chi connectivity index (χ0v) is 19.2. The lowest BCUT2D eigenvalue weighted by molar-refractivity contribution is -0.192. The number of nitrogens with one attached hydrogen (secondary N) is 3. The molecule has 0 saturated carbocycles. The summed E-state index contributed by atoms with van der Waals surface area (Å²) in [6.45, 7) is -0.258. The van der Waals surface area contributed by atoms with Gasteiger partial charge in [-0.2, -0.15) is 13.2 Å². The first-order valence-corrected chi connectivity index (χ1v) is 10.6. The maximum Gasteiger partial charge on any atom is 0.490 e. The van der Waals surface area contributed by atoms with Gasteiger partial charge in [0.1, 0.15) is 0 Å². The zero-order valence-electron chi connectivity index (χ0n) is 19.2. The first-order valence-electron chi connectivity index (χ1n) is 10.6. The van der Waals surface area contributed by atoms with E-state index in [2.05, 4.69) is 16.0 Å². The van der Waals surface area contributed by atoms with Crippen molar-refractivity contribution in [3.63, 3.8) is 0 Å². The Morgan fingerprint density at radius 3 is 1.86 bits per heavy atom. The number of rotatable bonds is 10. The molecule has 0 aliphatic rings. The molecular formula is C23H25F3N4O7. The van der Waals surface area contributed by atoms with Crippen molar-refractivity contribution in [1.29, 1.82) is 0 Å². The standard InChI is InChI=1S/C21H24N4O5.C2HF3O2/c22-21(30)23-11-10-18(26)24-13-19(27)25-17(12-20(28)29)16-8-6-15(7-9-16)14-4-2-1-3-5-14;3-2(4,5)1(6)7/h1-9,17H,10-13H2,(H,24,26)(H,25,27)(H,28,29)(H3,22,23,30);(H,6,7). The zero-order chi connectivity index (χ0) is 28.0. The molecule has 2 rings (SSSR count).